The van der Waals surface area contributed by atoms with Crippen LogP contribution in [-0.4, -0.2) is 26.6 Å². The van der Waals surface area contributed by atoms with Crippen LogP contribution < -0.4 is 10.9 Å². The molecule has 0 bridgehead atoms. The van der Waals surface area contributed by atoms with Crippen molar-refractivity contribution in [2.24, 2.45) is 0 Å². The van der Waals surface area contributed by atoms with E-state index in [2.05, 4.69) is 25.9 Å². The topological polar surface area (TPSA) is 67.1 Å². The summed E-state index contributed by atoms with van der Waals surface area (Å²) in [5.41, 5.74) is 7.49. The van der Waals surface area contributed by atoms with E-state index in [-0.39, 0.29) is 0 Å². The molecule has 0 radical (unpaired) electrons. The Bertz CT molecular complexity index is 644. The highest BCUT2D eigenvalue weighted by molar-refractivity contribution is 5.99. The lowest BCUT2D eigenvalue weighted by molar-refractivity contribution is 0.959. The second kappa shape index (κ2) is 3.42. The van der Waals surface area contributed by atoms with Crippen LogP contribution in [0.5, 0.6) is 0 Å². The van der Waals surface area contributed by atoms with Crippen LogP contribution >= 0.6 is 0 Å². The average Bonchev–Trinajstić information content (AvgIpc) is 2.68. The van der Waals surface area contributed by atoms with E-state index >= 15 is 0 Å². The molecule has 0 spiro atoms. The lowest BCUT2D eigenvalue weighted by Crippen LogP contribution is -2.16. The minimum absolute atomic E-state index is 0.680. The predicted molar refractivity (Wildman–Crippen MR) is 61.0 cm³/mol. The van der Waals surface area contributed by atoms with Crippen LogP contribution in [0.2, 0.25) is 0 Å². The van der Waals surface area contributed by atoms with Crippen LogP contribution in [0.15, 0.2) is 30.7 Å². The van der Waals surface area contributed by atoms with Gasteiger partial charge < -0.3 is 5.43 Å². The molecule has 3 rings (SSSR count). The van der Waals surface area contributed by atoms with Crippen molar-refractivity contribution >= 4 is 22.4 Å². The van der Waals surface area contributed by atoms with Gasteiger partial charge in [0.2, 0.25) is 0 Å². The largest absolute Gasteiger partial charge is 0.305 e. The summed E-state index contributed by atoms with van der Waals surface area (Å²) in [4.78, 5) is 8.33. The zero-order valence-corrected chi connectivity index (χ0v) is 8.68. The van der Waals surface area contributed by atoms with E-state index in [1.165, 1.54) is 6.33 Å². The molecule has 0 amide bonds. The SMILES string of the molecule is CNNc1ncnc2nn3ccccc3c12. The molecule has 0 atom stereocenters. The van der Waals surface area contributed by atoms with Gasteiger partial charge in [0.1, 0.15) is 6.33 Å². The van der Waals surface area contributed by atoms with Gasteiger partial charge in [-0.25, -0.2) is 19.9 Å². The number of nitrogens with one attached hydrogen (secondary N) is 2. The number of hydrazine groups is 1. The summed E-state index contributed by atoms with van der Waals surface area (Å²) in [6.45, 7) is 0. The van der Waals surface area contributed by atoms with Crippen LogP contribution in [0.25, 0.3) is 16.6 Å². The van der Waals surface area contributed by atoms with E-state index in [4.69, 9.17) is 0 Å². The number of pyridine rings is 1. The Hall–Kier alpha value is -2.21. The average molecular weight is 214 g/mol. The molecule has 80 valence electrons. The predicted octanol–water partition coefficient (Wildman–Crippen LogP) is 0.824. The number of aromatic nitrogens is 4. The Balaban J connectivity index is 2.43. The zero-order valence-electron chi connectivity index (χ0n) is 8.68. The molecule has 3 aromatic rings. The van der Waals surface area contributed by atoms with Gasteiger partial charge in [0.25, 0.3) is 0 Å². The Kier molecular flexibility index (Phi) is 1.94. The summed E-state index contributed by atoms with van der Waals surface area (Å²) < 4.78 is 1.79. The minimum atomic E-state index is 0.680. The summed E-state index contributed by atoms with van der Waals surface area (Å²) in [5.74, 6) is 0.730. The maximum absolute atomic E-state index is 4.36. The van der Waals surface area contributed by atoms with Crippen molar-refractivity contribution in [1.29, 1.82) is 0 Å². The van der Waals surface area contributed by atoms with Crippen LogP contribution in [-0.2, 0) is 0 Å². The molecule has 6 heteroatoms. The van der Waals surface area contributed by atoms with Crippen molar-refractivity contribution in [2.45, 2.75) is 0 Å². The van der Waals surface area contributed by atoms with Crippen molar-refractivity contribution in [2.75, 3.05) is 12.5 Å². The molecule has 2 N–H and O–H groups in total. The Morgan fingerprint density at radius 1 is 1.25 bits per heavy atom. The molecular weight excluding hydrogens is 204 g/mol. The van der Waals surface area contributed by atoms with Gasteiger partial charge in [-0.05, 0) is 12.1 Å². The minimum Gasteiger partial charge on any atom is -0.305 e. The van der Waals surface area contributed by atoms with Gasteiger partial charge in [-0.2, -0.15) is 0 Å². The van der Waals surface area contributed by atoms with E-state index in [9.17, 15) is 0 Å². The Morgan fingerprint density at radius 3 is 3.06 bits per heavy atom. The van der Waals surface area contributed by atoms with Gasteiger partial charge in [0.05, 0.1) is 10.9 Å². The highest BCUT2D eigenvalue weighted by Gasteiger charge is 2.10. The van der Waals surface area contributed by atoms with Crippen molar-refractivity contribution in [1.82, 2.24) is 25.0 Å². The quantitative estimate of drug-likeness (QED) is 0.618. The molecule has 0 unspecified atom stereocenters. The maximum Gasteiger partial charge on any atom is 0.187 e. The first-order valence-corrected chi connectivity index (χ1v) is 4.91. The van der Waals surface area contributed by atoms with Gasteiger partial charge >= 0.3 is 0 Å². The fraction of sp³-hybridized carbons (Fsp3) is 0.100. The van der Waals surface area contributed by atoms with Gasteiger partial charge in [0.15, 0.2) is 11.5 Å². The molecule has 0 aliphatic heterocycles. The summed E-state index contributed by atoms with van der Waals surface area (Å²) in [7, 11) is 1.79. The molecule has 0 saturated heterocycles. The lowest BCUT2D eigenvalue weighted by atomic mass is 10.3. The first kappa shape index (κ1) is 9.05. The fourth-order valence-electron chi connectivity index (χ4n) is 1.72. The van der Waals surface area contributed by atoms with Crippen molar-refractivity contribution in [3.05, 3.63) is 30.7 Å². The second-order valence-electron chi connectivity index (χ2n) is 3.33. The maximum atomic E-state index is 4.36. The standard InChI is InChI=1S/C10H10N6/c1-11-14-9-8-7-4-2-3-5-16(7)15-10(8)13-6-12-9/h2-6,11H,1H3,(H,12,13,14,15). The first-order valence-electron chi connectivity index (χ1n) is 4.91. The molecule has 0 saturated carbocycles. The van der Waals surface area contributed by atoms with Gasteiger partial charge in [-0.15, -0.1) is 5.10 Å². The number of hydrogen-bond donors (Lipinski definition) is 2. The smallest absolute Gasteiger partial charge is 0.187 e. The molecule has 16 heavy (non-hydrogen) atoms. The number of fused-ring (bicyclic) bond motifs is 3. The molecule has 3 heterocycles. The molecule has 0 aliphatic carbocycles. The number of nitrogens with zero attached hydrogens (tertiary/aromatic N) is 4. The van der Waals surface area contributed by atoms with Gasteiger partial charge in [0, 0.05) is 13.2 Å². The van der Waals surface area contributed by atoms with Crippen LogP contribution in [0.1, 0.15) is 0 Å². The van der Waals surface area contributed by atoms with E-state index in [1.807, 2.05) is 24.4 Å². The number of hydrogen-bond acceptors (Lipinski definition) is 5. The van der Waals surface area contributed by atoms with Gasteiger partial charge in [-0.3, -0.25) is 0 Å². The van der Waals surface area contributed by atoms with Crippen LogP contribution in [0.4, 0.5) is 5.82 Å². The molecule has 3 aromatic heterocycles. The Labute approximate surface area is 91.3 Å². The second-order valence-corrected chi connectivity index (χ2v) is 3.33. The van der Waals surface area contributed by atoms with Crippen LogP contribution in [0, 0.1) is 0 Å². The zero-order chi connectivity index (χ0) is 11.0. The lowest BCUT2D eigenvalue weighted by Gasteiger charge is -2.02. The van der Waals surface area contributed by atoms with Crippen molar-refractivity contribution in [3.63, 3.8) is 0 Å². The fourth-order valence-corrected chi connectivity index (χ4v) is 1.72. The first-order chi connectivity index (χ1) is 7.90. The van der Waals surface area contributed by atoms with Crippen molar-refractivity contribution < 1.29 is 0 Å². The summed E-state index contributed by atoms with van der Waals surface area (Å²) in [6, 6.07) is 5.88. The third kappa shape index (κ3) is 1.20. The number of rotatable bonds is 2. The van der Waals surface area contributed by atoms with E-state index in [1.54, 1.807) is 11.6 Å². The highest BCUT2D eigenvalue weighted by Crippen LogP contribution is 2.22. The molecular formula is C10H10N6. The normalized spacial score (nSPS) is 11.1. The highest BCUT2D eigenvalue weighted by atomic mass is 15.4. The third-order valence-corrected chi connectivity index (χ3v) is 2.37. The summed E-state index contributed by atoms with van der Waals surface area (Å²) >= 11 is 0. The van der Waals surface area contributed by atoms with E-state index in [0.717, 1.165) is 16.7 Å². The molecule has 0 aliphatic rings. The molecule has 6 nitrogen and oxygen atoms in total. The monoisotopic (exact) mass is 214 g/mol. The van der Waals surface area contributed by atoms with E-state index < -0.39 is 0 Å². The summed E-state index contributed by atoms with van der Waals surface area (Å²) in [5, 5.41) is 5.27. The van der Waals surface area contributed by atoms with E-state index in [0.29, 0.717) is 5.65 Å². The van der Waals surface area contributed by atoms with Crippen LogP contribution in [0.3, 0.4) is 0 Å². The molecule has 0 fully saturated rings. The summed E-state index contributed by atoms with van der Waals surface area (Å²) in [6.07, 6.45) is 3.38. The third-order valence-electron chi connectivity index (χ3n) is 2.37. The van der Waals surface area contributed by atoms with Gasteiger partial charge in [-0.1, -0.05) is 6.07 Å². The van der Waals surface area contributed by atoms with Crippen molar-refractivity contribution in [3.8, 4) is 0 Å². The Morgan fingerprint density at radius 2 is 2.19 bits per heavy atom. The molecule has 0 aromatic carbocycles. The number of anilines is 1.